The molecular weight excluding hydrogens is 262 g/mol. The minimum absolute atomic E-state index is 0.0649. The van der Waals surface area contributed by atoms with E-state index in [9.17, 15) is 10.1 Å². The number of hydrogen-bond acceptors (Lipinski definition) is 5. The molecule has 0 fully saturated rings. The second kappa shape index (κ2) is 5.11. The highest BCUT2D eigenvalue weighted by molar-refractivity contribution is 7.99. The van der Waals surface area contributed by atoms with Crippen molar-refractivity contribution in [3.8, 4) is 0 Å². The third-order valence-corrected chi connectivity index (χ3v) is 3.03. The predicted octanol–water partition coefficient (Wildman–Crippen LogP) is 3.19. The lowest BCUT2D eigenvalue weighted by Crippen LogP contribution is -1.87. The van der Waals surface area contributed by atoms with Gasteiger partial charge in [0, 0.05) is 23.1 Å². The first-order valence-corrected chi connectivity index (χ1v) is 5.74. The highest BCUT2D eigenvalue weighted by Gasteiger charge is 2.05. The maximum atomic E-state index is 10.5. The van der Waals surface area contributed by atoms with Gasteiger partial charge in [0.05, 0.1) is 4.92 Å². The predicted molar refractivity (Wildman–Crippen MR) is 64.3 cm³/mol. The summed E-state index contributed by atoms with van der Waals surface area (Å²) in [6, 6.07) is 7.86. The van der Waals surface area contributed by atoms with Crippen LogP contribution >= 0.6 is 23.4 Å². The van der Waals surface area contributed by atoms with Gasteiger partial charge < -0.3 is 0 Å². The molecule has 0 saturated heterocycles. The summed E-state index contributed by atoms with van der Waals surface area (Å²) >= 11 is 7.09. The fourth-order valence-corrected chi connectivity index (χ4v) is 2.13. The maximum Gasteiger partial charge on any atom is 0.269 e. The van der Waals surface area contributed by atoms with Gasteiger partial charge in [-0.05, 0) is 12.1 Å². The number of hydrogen-bond donors (Lipinski definition) is 0. The average molecular weight is 268 g/mol. The maximum absolute atomic E-state index is 10.5. The van der Waals surface area contributed by atoms with Crippen LogP contribution in [0.1, 0.15) is 0 Å². The van der Waals surface area contributed by atoms with Crippen molar-refractivity contribution >= 4 is 29.1 Å². The first kappa shape index (κ1) is 11.8. The van der Waals surface area contributed by atoms with Crippen LogP contribution in [0, 0.1) is 10.1 Å². The first-order valence-electron chi connectivity index (χ1n) is 4.55. The molecule has 1 aromatic heterocycles. The SMILES string of the molecule is O=[N+]([O-])c1ccc(Sc2cc(Cl)ncn2)cc1. The summed E-state index contributed by atoms with van der Waals surface area (Å²) in [7, 11) is 0. The monoisotopic (exact) mass is 267 g/mol. The van der Waals surface area contributed by atoms with Crippen molar-refractivity contribution in [3.05, 3.63) is 51.9 Å². The summed E-state index contributed by atoms with van der Waals surface area (Å²) in [5.41, 5.74) is 0.0649. The van der Waals surface area contributed by atoms with Crippen LogP contribution in [0.5, 0.6) is 0 Å². The summed E-state index contributed by atoms with van der Waals surface area (Å²) in [6.45, 7) is 0. The fourth-order valence-electron chi connectivity index (χ4n) is 1.13. The van der Waals surface area contributed by atoms with Crippen LogP contribution in [-0.4, -0.2) is 14.9 Å². The Bertz CT molecular complexity index is 548. The van der Waals surface area contributed by atoms with Crippen molar-refractivity contribution in [2.24, 2.45) is 0 Å². The zero-order chi connectivity index (χ0) is 12.3. The molecule has 2 aromatic rings. The van der Waals surface area contributed by atoms with Gasteiger partial charge in [0.25, 0.3) is 5.69 Å². The fraction of sp³-hybridized carbons (Fsp3) is 0. The third kappa shape index (κ3) is 3.15. The molecule has 0 N–H and O–H groups in total. The van der Waals surface area contributed by atoms with Crippen molar-refractivity contribution in [2.45, 2.75) is 9.92 Å². The topological polar surface area (TPSA) is 68.9 Å². The lowest BCUT2D eigenvalue weighted by molar-refractivity contribution is -0.384. The summed E-state index contributed by atoms with van der Waals surface area (Å²) in [5.74, 6) is 0. The van der Waals surface area contributed by atoms with Gasteiger partial charge >= 0.3 is 0 Å². The number of nitrogens with zero attached hydrogens (tertiary/aromatic N) is 3. The van der Waals surface area contributed by atoms with Crippen molar-refractivity contribution in [3.63, 3.8) is 0 Å². The number of rotatable bonds is 3. The van der Waals surface area contributed by atoms with Gasteiger partial charge in [0.1, 0.15) is 16.5 Å². The number of aromatic nitrogens is 2. The molecule has 0 aliphatic rings. The summed E-state index contributed by atoms with van der Waals surface area (Å²) < 4.78 is 0. The molecule has 0 bridgehead atoms. The van der Waals surface area contributed by atoms with Gasteiger partial charge in [-0.15, -0.1) is 0 Å². The highest BCUT2D eigenvalue weighted by atomic mass is 35.5. The van der Waals surface area contributed by atoms with Gasteiger partial charge in [0.2, 0.25) is 0 Å². The van der Waals surface area contributed by atoms with Crippen molar-refractivity contribution in [2.75, 3.05) is 0 Å². The number of halogens is 1. The Morgan fingerprint density at radius 3 is 2.53 bits per heavy atom. The van der Waals surface area contributed by atoms with E-state index < -0.39 is 4.92 Å². The van der Waals surface area contributed by atoms with E-state index in [0.29, 0.717) is 10.2 Å². The number of nitro benzene ring substituents is 1. The molecule has 86 valence electrons. The normalized spacial score (nSPS) is 10.2. The summed E-state index contributed by atoms with van der Waals surface area (Å²) in [6.07, 6.45) is 1.37. The molecule has 1 aromatic carbocycles. The number of benzene rings is 1. The van der Waals surface area contributed by atoms with E-state index in [4.69, 9.17) is 11.6 Å². The van der Waals surface area contributed by atoms with E-state index in [1.165, 1.54) is 30.2 Å². The molecule has 7 heteroatoms. The number of nitro groups is 1. The molecule has 0 atom stereocenters. The minimum Gasteiger partial charge on any atom is -0.258 e. The van der Waals surface area contributed by atoms with Crippen LogP contribution < -0.4 is 0 Å². The Balaban J connectivity index is 2.16. The van der Waals surface area contributed by atoms with E-state index in [1.54, 1.807) is 18.2 Å². The van der Waals surface area contributed by atoms with Crippen molar-refractivity contribution in [1.82, 2.24) is 9.97 Å². The van der Waals surface area contributed by atoms with Crippen molar-refractivity contribution < 1.29 is 4.92 Å². The van der Waals surface area contributed by atoms with E-state index >= 15 is 0 Å². The van der Waals surface area contributed by atoms with Crippen LogP contribution in [0.15, 0.2) is 46.6 Å². The molecule has 0 aliphatic carbocycles. The van der Waals surface area contributed by atoms with Gasteiger partial charge in [-0.3, -0.25) is 10.1 Å². The van der Waals surface area contributed by atoms with Crippen LogP contribution in [0.4, 0.5) is 5.69 Å². The molecule has 5 nitrogen and oxygen atoms in total. The van der Waals surface area contributed by atoms with E-state index in [-0.39, 0.29) is 5.69 Å². The molecule has 0 unspecified atom stereocenters. The van der Waals surface area contributed by atoms with Crippen molar-refractivity contribution in [1.29, 1.82) is 0 Å². The van der Waals surface area contributed by atoms with E-state index in [0.717, 1.165) is 4.90 Å². The molecule has 1 heterocycles. The Hall–Kier alpha value is -1.66. The highest BCUT2D eigenvalue weighted by Crippen LogP contribution is 2.28. The molecule has 0 amide bonds. The lowest BCUT2D eigenvalue weighted by Gasteiger charge is -2.00. The largest absolute Gasteiger partial charge is 0.269 e. The van der Waals surface area contributed by atoms with Crippen LogP contribution in [0.25, 0.3) is 0 Å². The zero-order valence-electron chi connectivity index (χ0n) is 8.41. The van der Waals surface area contributed by atoms with Crippen LogP contribution in [-0.2, 0) is 0 Å². The van der Waals surface area contributed by atoms with E-state index in [1.807, 2.05) is 0 Å². The third-order valence-electron chi connectivity index (χ3n) is 1.88. The molecule has 0 radical (unpaired) electrons. The average Bonchev–Trinajstić information content (AvgIpc) is 2.29. The first-order chi connectivity index (χ1) is 8.15. The van der Waals surface area contributed by atoms with Gasteiger partial charge in [0.15, 0.2) is 0 Å². The summed E-state index contributed by atoms with van der Waals surface area (Å²) in [5, 5.41) is 11.5. The molecule has 2 rings (SSSR count). The Kier molecular flexibility index (Phi) is 3.55. The Morgan fingerprint density at radius 2 is 1.94 bits per heavy atom. The van der Waals surface area contributed by atoms with Gasteiger partial charge in [-0.2, -0.15) is 0 Å². The Morgan fingerprint density at radius 1 is 1.24 bits per heavy atom. The van der Waals surface area contributed by atoms with Crippen LogP contribution in [0.2, 0.25) is 5.15 Å². The Labute approximate surface area is 106 Å². The second-order valence-corrected chi connectivity index (χ2v) is 4.51. The molecule has 0 aliphatic heterocycles. The van der Waals surface area contributed by atoms with Gasteiger partial charge in [-0.25, -0.2) is 9.97 Å². The molecular formula is C10H6ClN3O2S. The minimum atomic E-state index is -0.435. The zero-order valence-corrected chi connectivity index (χ0v) is 9.98. The van der Waals surface area contributed by atoms with Crippen LogP contribution in [0.3, 0.4) is 0 Å². The smallest absolute Gasteiger partial charge is 0.258 e. The van der Waals surface area contributed by atoms with Gasteiger partial charge in [-0.1, -0.05) is 23.4 Å². The summed E-state index contributed by atoms with van der Waals surface area (Å²) in [4.78, 5) is 18.7. The quantitative estimate of drug-likeness (QED) is 0.485. The lowest BCUT2D eigenvalue weighted by atomic mass is 10.3. The standard InChI is InChI=1S/C10H6ClN3O2S/c11-9-5-10(13-6-12-9)17-8-3-1-7(2-4-8)14(15)16/h1-6H. The molecule has 0 saturated carbocycles. The molecule has 0 spiro atoms. The number of non-ortho nitro benzene ring substituents is 1. The second-order valence-electron chi connectivity index (χ2n) is 3.03. The molecule has 17 heavy (non-hydrogen) atoms. The van der Waals surface area contributed by atoms with E-state index in [2.05, 4.69) is 9.97 Å².